The molecule has 0 radical (unpaired) electrons. The summed E-state index contributed by atoms with van der Waals surface area (Å²) in [6.07, 6.45) is 0.488. The van der Waals surface area contributed by atoms with Gasteiger partial charge >= 0.3 is 5.97 Å². The molecule has 0 spiro atoms. The third kappa shape index (κ3) is 3.95. The average Bonchev–Trinajstić information content (AvgIpc) is 3.09. The molecular weight excluding hydrogens is 376 g/mol. The average molecular weight is 394 g/mol. The van der Waals surface area contributed by atoms with Gasteiger partial charge in [0.15, 0.2) is 0 Å². The van der Waals surface area contributed by atoms with Crippen LogP contribution in [0.1, 0.15) is 27.2 Å². The first-order valence-electron chi connectivity index (χ1n) is 8.03. The van der Waals surface area contributed by atoms with Gasteiger partial charge < -0.3 is 10.4 Å². The third-order valence-corrected chi connectivity index (χ3v) is 7.00. The number of thiophene rings is 1. The van der Waals surface area contributed by atoms with Gasteiger partial charge in [-0.3, -0.25) is 9.59 Å². The van der Waals surface area contributed by atoms with Crippen molar-refractivity contribution in [3.8, 4) is 0 Å². The van der Waals surface area contributed by atoms with E-state index in [0.29, 0.717) is 19.5 Å². The minimum absolute atomic E-state index is 0.0157. The minimum atomic E-state index is -3.71. The molecule has 0 saturated carbocycles. The Kier molecular flexibility index (Phi) is 5.40. The van der Waals surface area contributed by atoms with Gasteiger partial charge in [-0.05, 0) is 41.6 Å². The molecule has 0 aliphatic carbocycles. The second-order valence-electron chi connectivity index (χ2n) is 5.89. The molecule has 2 N–H and O–H groups in total. The first-order valence-corrected chi connectivity index (χ1v) is 10.4. The Morgan fingerprint density at radius 3 is 2.85 bits per heavy atom. The summed E-state index contributed by atoms with van der Waals surface area (Å²) in [5.41, 5.74) is 1.21. The summed E-state index contributed by atoms with van der Waals surface area (Å²) in [6.45, 7) is 0.722. The van der Waals surface area contributed by atoms with Gasteiger partial charge in [-0.15, -0.1) is 11.3 Å². The maximum atomic E-state index is 12.9. The summed E-state index contributed by atoms with van der Waals surface area (Å²) in [4.78, 5) is 23.9. The van der Waals surface area contributed by atoms with Gasteiger partial charge in [0.05, 0.1) is 11.3 Å². The van der Waals surface area contributed by atoms with Crippen LogP contribution in [0.25, 0.3) is 0 Å². The number of fused-ring (bicyclic) bond motifs is 1. The van der Waals surface area contributed by atoms with Crippen molar-refractivity contribution in [2.75, 3.05) is 13.1 Å². The van der Waals surface area contributed by atoms with Crippen LogP contribution in [0, 0.1) is 0 Å². The lowest BCUT2D eigenvalue weighted by Gasteiger charge is -2.26. The van der Waals surface area contributed by atoms with Gasteiger partial charge in [-0.25, -0.2) is 8.42 Å². The van der Waals surface area contributed by atoms with Crippen LogP contribution in [0.5, 0.6) is 0 Å². The third-order valence-electron chi connectivity index (χ3n) is 4.13. The number of carbonyl (C=O) groups is 2. The monoisotopic (exact) mass is 394 g/mol. The normalized spacial score (nSPS) is 14.6. The Labute approximate surface area is 155 Å². The van der Waals surface area contributed by atoms with E-state index in [1.165, 1.54) is 33.4 Å². The van der Waals surface area contributed by atoms with E-state index in [1.54, 1.807) is 11.3 Å². The lowest BCUT2D eigenvalue weighted by atomic mass is 10.1. The topological polar surface area (TPSA) is 104 Å². The molecule has 138 valence electrons. The van der Waals surface area contributed by atoms with E-state index < -0.39 is 21.9 Å². The molecule has 1 aromatic heterocycles. The number of amides is 1. The van der Waals surface area contributed by atoms with Crippen LogP contribution in [0.3, 0.4) is 0 Å². The molecule has 0 fully saturated rings. The van der Waals surface area contributed by atoms with Crippen molar-refractivity contribution in [2.45, 2.75) is 24.3 Å². The van der Waals surface area contributed by atoms with Crippen LogP contribution in [-0.4, -0.2) is 42.8 Å². The number of hydrogen-bond acceptors (Lipinski definition) is 5. The standard InChI is InChI=1S/C17H18N2O5S2/c20-16(21)4-7-18-17(22)12-2-1-3-14(10-12)26(23,24)19-8-5-15-13(11-19)6-9-25-15/h1-3,6,9-10H,4-5,7-8,11H2,(H,18,22)(H,20,21). The van der Waals surface area contributed by atoms with Crippen molar-refractivity contribution in [3.05, 3.63) is 51.7 Å². The molecule has 0 unspecified atom stereocenters. The molecule has 7 nitrogen and oxygen atoms in total. The Bertz CT molecular complexity index is 936. The lowest BCUT2D eigenvalue weighted by Crippen LogP contribution is -2.35. The van der Waals surface area contributed by atoms with Crippen molar-refractivity contribution in [3.63, 3.8) is 0 Å². The molecule has 1 aliphatic rings. The van der Waals surface area contributed by atoms with Crippen LogP contribution < -0.4 is 5.32 Å². The quantitative estimate of drug-likeness (QED) is 0.776. The number of rotatable bonds is 6. The summed E-state index contributed by atoms with van der Waals surface area (Å²) in [6, 6.07) is 7.75. The SMILES string of the molecule is O=C(O)CCNC(=O)c1cccc(S(=O)(=O)N2CCc3sccc3C2)c1. The van der Waals surface area contributed by atoms with Gasteiger partial charge in [-0.2, -0.15) is 4.31 Å². The van der Waals surface area contributed by atoms with Gasteiger partial charge in [0.2, 0.25) is 10.0 Å². The smallest absolute Gasteiger partial charge is 0.305 e. The molecule has 26 heavy (non-hydrogen) atoms. The zero-order chi connectivity index (χ0) is 18.7. The molecule has 1 aromatic carbocycles. The fourth-order valence-electron chi connectivity index (χ4n) is 2.76. The van der Waals surface area contributed by atoms with Crippen LogP contribution >= 0.6 is 11.3 Å². The second-order valence-corrected chi connectivity index (χ2v) is 8.82. The van der Waals surface area contributed by atoms with Gasteiger partial charge in [0.25, 0.3) is 5.91 Å². The highest BCUT2D eigenvalue weighted by Gasteiger charge is 2.29. The predicted octanol–water partition coefficient (Wildman–Crippen LogP) is 1.70. The number of nitrogens with one attached hydrogen (secondary N) is 1. The molecule has 9 heteroatoms. The van der Waals surface area contributed by atoms with E-state index in [1.807, 2.05) is 11.4 Å². The highest BCUT2D eigenvalue weighted by Crippen LogP contribution is 2.28. The summed E-state index contributed by atoms with van der Waals surface area (Å²) < 4.78 is 27.3. The summed E-state index contributed by atoms with van der Waals surface area (Å²) in [7, 11) is -3.71. The molecule has 0 bridgehead atoms. The maximum Gasteiger partial charge on any atom is 0.305 e. The molecule has 0 saturated heterocycles. The fraction of sp³-hybridized carbons (Fsp3) is 0.294. The molecule has 1 aliphatic heterocycles. The minimum Gasteiger partial charge on any atom is -0.481 e. The number of carboxylic acid groups (broad SMARTS) is 1. The van der Waals surface area contributed by atoms with Gasteiger partial charge in [-0.1, -0.05) is 6.07 Å². The Morgan fingerprint density at radius 2 is 2.08 bits per heavy atom. The first-order chi connectivity index (χ1) is 12.4. The van der Waals surface area contributed by atoms with E-state index in [4.69, 9.17) is 5.11 Å². The first kappa shape index (κ1) is 18.6. The van der Waals surface area contributed by atoms with Gasteiger partial charge in [0.1, 0.15) is 0 Å². The Morgan fingerprint density at radius 1 is 1.27 bits per heavy atom. The van der Waals surface area contributed by atoms with E-state index in [9.17, 15) is 18.0 Å². The molecular formula is C17H18N2O5S2. The molecule has 2 heterocycles. The zero-order valence-electron chi connectivity index (χ0n) is 13.8. The highest BCUT2D eigenvalue weighted by molar-refractivity contribution is 7.89. The Balaban J connectivity index is 1.76. The zero-order valence-corrected chi connectivity index (χ0v) is 15.5. The molecule has 2 aromatic rings. The summed E-state index contributed by atoms with van der Waals surface area (Å²) >= 11 is 1.63. The number of sulfonamides is 1. The largest absolute Gasteiger partial charge is 0.481 e. The van der Waals surface area contributed by atoms with E-state index in [2.05, 4.69) is 5.32 Å². The summed E-state index contributed by atoms with van der Waals surface area (Å²) in [5.74, 6) is -1.51. The maximum absolute atomic E-state index is 12.9. The van der Waals surface area contributed by atoms with Crippen LogP contribution in [0.15, 0.2) is 40.6 Å². The van der Waals surface area contributed by atoms with Crippen molar-refractivity contribution in [1.29, 1.82) is 0 Å². The fourth-order valence-corrected chi connectivity index (χ4v) is 5.11. The van der Waals surface area contributed by atoms with E-state index in [-0.39, 0.29) is 23.4 Å². The van der Waals surface area contributed by atoms with Crippen molar-refractivity contribution in [2.24, 2.45) is 0 Å². The predicted molar refractivity (Wildman–Crippen MR) is 96.6 cm³/mol. The van der Waals surface area contributed by atoms with E-state index >= 15 is 0 Å². The summed E-state index contributed by atoms with van der Waals surface area (Å²) in [5, 5.41) is 13.0. The highest BCUT2D eigenvalue weighted by atomic mass is 32.2. The number of carboxylic acids is 1. The number of carbonyl (C=O) groups excluding carboxylic acids is 1. The number of aliphatic carboxylic acids is 1. The van der Waals surface area contributed by atoms with Crippen molar-refractivity contribution in [1.82, 2.24) is 9.62 Å². The molecule has 1 amide bonds. The van der Waals surface area contributed by atoms with Crippen LogP contribution in [0.4, 0.5) is 0 Å². The van der Waals surface area contributed by atoms with Crippen LogP contribution in [-0.2, 0) is 27.8 Å². The number of hydrogen-bond donors (Lipinski definition) is 2. The van der Waals surface area contributed by atoms with Crippen LogP contribution in [0.2, 0.25) is 0 Å². The molecule has 3 rings (SSSR count). The number of nitrogens with zero attached hydrogens (tertiary/aromatic N) is 1. The van der Waals surface area contributed by atoms with Crippen molar-refractivity contribution >= 4 is 33.2 Å². The van der Waals surface area contributed by atoms with E-state index in [0.717, 1.165) is 5.56 Å². The number of benzene rings is 1. The molecule has 0 atom stereocenters. The van der Waals surface area contributed by atoms with Gasteiger partial charge in [0, 0.05) is 30.1 Å². The lowest BCUT2D eigenvalue weighted by molar-refractivity contribution is -0.136. The second kappa shape index (κ2) is 7.56. The Hall–Kier alpha value is -2.23. The van der Waals surface area contributed by atoms with Crippen molar-refractivity contribution < 1.29 is 23.1 Å².